The molecule has 1 saturated heterocycles. The number of nitrogens with zero attached hydrogens (tertiary/aromatic N) is 2. The molecule has 1 aliphatic heterocycles. The van der Waals surface area contributed by atoms with E-state index < -0.39 is 0 Å². The molecule has 4 nitrogen and oxygen atoms in total. The molecule has 0 N–H and O–H groups in total. The predicted octanol–water partition coefficient (Wildman–Crippen LogP) is 3.48. The summed E-state index contributed by atoms with van der Waals surface area (Å²) in [5.41, 5.74) is 2.23. The van der Waals surface area contributed by atoms with Crippen molar-refractivity contribution >= 4 is 5.97 Å². The smallest absolute Gasteiger partial charge is 0.325 e. The molecule has 0 radical (unpaired) electrons. The topological polar surface area (TPSA) is 32.8 Å². The Labute approximate surface area is 146 Å². The Balaban J connectivity index is 2.06. The van der Waals surface area contributed by atoms with Gasteiger partial charge in [0.15, 0.2) is 0 Å². The summed E-state index contributed by atoms with van der Waals surface area (Å²) in [6, 6.07) is 6.20. The number of carbonyl (C=O) groups excluding carboxylic acids is 1. The van der Waals surface area contributed by atoms with Gasteiger partial charge in [-0.25, -0.2) is 0 Å². The van der Waals surface area contributed by atoms with Crippen LogP contribution in [0.1, 0.15) is 57.6 Å². The minimum absolute atomic E-state index is 0.144. The first-order valence-corrected chi connectivity index (χ1v) is 9.20. The molecule has 24 heavy (non-hydrogen) atoms. The van der Waals surface area contributed by atoms with E-state index in [-0.39, 0.29) is 5.97 Å². The number of esters is 1. The van der Waals surface area contributed by atoms with Crippen LogP contribution in [0, 0.1) is 0 Å². The lowest BCUT2D eigenvalue weighted by Crippen LogP contribution is -2.48. The number of hydrogen-bond acceptors (Lipinski definition) is 4. The molecular weight excluding hydrogens is 300 g/mol. The Bertz CT molecular complexity index is 520. The monoisotopic (exact) mass is 332 g/mol. The van der Waals surface area contributed by atoms with Crippen molar-refractivity contribution in [1.82, 2.24) is 9.80 Å². The van der Waals surface area contributed by atoms with Crippen LogP contribution in [-0.2, 0) is 4.79 Å². The number of para-hydroxylation sites is 1. The molecule has 0 spiro atoms. The highest BCUT2D eigenvalue weighted by Gasteiger charge is 2.21. The van der Waals surface area contributed by atoms with Gasteiger partial charge >= 0.3 is 5.97 Å². The maximum atomic E-state index is 12.5. The van der Waals surface area contributed by atoms with Gasteiger partial charge in [-0.05, 0) is 29.5 Å². The van der Waals surface area contributed by atoms with Crippen LogP contribution in [0.5, 0.6) is 5.75 Å². The molecule has 0 amide bonds. The van der Waals surface area contributed by atoms with Crippen molar-refractivity contribution in [3.05, 3.63) is 29.3 Å². The number of carbonyl (C=O) groups is 1. The summed E-state index contributed by atoms with van der Waals surface area (Å²) in [6.07, 6.45) is 0. The third-order valence-electron chi connectivity index (χ3n) is 4.80. The van der Waals surface area contributed by atoms with E-state index in [9.17, 15) is 4.79 Å². The second-order valence-electron chi connectivity index (χ2n) is 7.26. The fraction of sp³-hybridized carbons (Fsp3) is 0.650. The summed E-state index contributed by atoms with van der Waals surface area (Å²) in [5.74, 6) is 1.30. The summed E-state index contributed by atoms with van der Waals surface area (Å²) in [6.45, 7) is 16.1. The van der Waals surface area contributed by atoms with Gasteiger partial charge in [-0.3, -0.25) is 9.69 Å². The fourth-order valence-electron chi connectivity index (χ4n) is 3.19. The zero-order valence-electron chi connectivity index (χ0n) is 15.8. The van der Waals surface area contributed by atoms with Gasteiger partial charge in [0.05, 0.1) is 6.54 Å². The highest BCUT2D eigenvalue weighted by molar-refractivity contribution is 5.75. The van der Waals surface area contributed by atoms with Crippen molar-refractivity contribution in [2.24, 2.45) is 0 Å². The Hall–Kier alpha value is -1.39. The van der Waals surface area contributed by atoms with Crippen LogP contribution in [0.15, 0.2) is 18.2 Å². The Morgan fingerprint density at radius 2 is 1.50 bits per heavy atom. The first-order valence-electron chi connectivity index (χ1n) is 9.20. The second kappa shape index (κ2) is 8.63. The van der Waals surface area contributed by atoms with Gasteiger partial charge in [-0.2, -0.15) is 0 Å². The molecule has 1 fully saturated rings. The van der Waals surface area contributed by atoms with E-state index in [1.807, 2.05) is 0 Å². The summed E-state index contributed by atoms with van der Waals surface area (Å²) >= 11 is 0. The maximum absolute atomic E-state index is 12.5. The normalized spacial score (nSPS) is 16.8. The zero-order valence-corrected chi connectivity index (χ0v) is 15.8. The molecule has 134 valence electrons. The molecule has 0 bridgehead atoms. The number of hydrogen-bond donors (Lipinski definition) is 0. The lowest BCUT2D eigenvalue weighted by molar-refractivity contribution is -0.136. The minimum Gasteiger partial charge on any atom is -0.425 e. The lowest BCUT2D eigenvalue weighted by atomic mass is 9.94. The average molecular weight is 332 g/mol. The second-order valence-corrected chi connectivity index (χ2v) is 7.26. The molecule has 4 heteroatoms. The van der Waals surface area contributed by atoms with E-state index in [2.05, 4.69) is 62.6 Å². The summed E-state index contributed by atoms with van der Waals surface area (Å²) in [5, 5.41) is 0. The van der Waals surface area contributed by atoms with Crippen LogP contribution in [0.4, 0.5) is 0 Å². The number of likely N-dealkylation sites (N-methyl/N-ethyl adjacent to an activating group) is 1. The fourth-order valence-corrected chi connectivity index (χ4v) is 3.19. The molecule has 2 rings (SSSR count). The van der Waals surface area contributed by atoms with Gasteiger partial charge in [-0.1, -0.05) is 52.8 Å². The van der Waals surface area contributed by atoms with Crippen molar-refractivity contribution in [2.75, 3.05) is 39.3 Å². The maximum Gasteiger partial charge on any atom is 0.325 e. The third kappa shape index (κ3) is 4.81. The first kappa shape index (κ1) is 18.9. The van der Waals surface area contributed by atoms with Gasteiger partial charge in [0.25, 0.3) is 0 Å². The van der Waals surface area contributed by atoms with Crippen LogP contribution < -0.4 is 4.74 Å². The standard InChI is InChI=1S/C20H32N2O2/c1-6-21-10-12-22(13-11-21)14-19(23)24-20-17(15(2)3)8-7-9-18(20)16(4)5/h7-9,15-16H,6,10-14H2,1-5H3. The zero-order chi connectivity index (χ0) is 17.7. The van der Waals surface area contributed by atoms with Gasteiger partial charge in [0.2, 0.25) is 0 Å². The first-order chi connectivity index (χ1) is 11.4. The molecular formula is C20H32N2O2. The largest absolute Gasteiger partial charge is 0.425 e. The Kier molecular flexibility index (Phi) is 6.81. The van der Waals surface area contributed by atoms with Crippen LogP contribution in [0.2, 0.25) is 0 Å². The molecule has 1 heterocycles. The van der Waals surface area contributed by atoms with Crippen LogP contribution in [0.25, 0.3) is 0 Å². The predicted molar refractivity (Wildman–Crippen MR) is 98.8 cm³/mol. The van der Waals surface area contributed by atoms with Gasteiger partial charge in [0.1, 0.15) is 5.75 Å². The van der Waals surface area contributed by atoms with Crippen molar-refractivity contribution in [3.63, 3.8) is 0 Å². The van der Waals surface area contributed by atoms with E-state index in [0.29, 0.717) is 18.4 Å². The highest BCUT2D eigenvalue weighted by Crippen LogP contribution is 2.34. The van der Waals surface area contributed by atoms with Crippen LogP contribution in [0.3, 0.4) is 0 Å². The molecule has 0 aliphatic carbocycles. The van der Waals surface area contributed by atoms with Crippen molar-refractivity contribution < 1.29 is 9.53 Å². The number of piperazine rings is 1. The number of rotatable bonds is 6. The molecule has 0 unspecified atom stereocenters. The van der Waals surface area contributed by atoms with Crippen molar-refractivity contribution in [2.45, 2.75) is 46.5 Å². The van der Waals surface area contributed by atoms with Crippen LogP contribution in [-0.4, -0.2) is 55.0 Å². The van der Waals surface area contributed by atoms with E-state index in [1.54, 1.807) is 0 Å². The van der Waals surface area contributed by atoms with Gasteiger partial charge < -0.3 is 9.64 Å². The van der Waals surface area contributed by atoms with Crippen LogP contribution >= 0.6 is 0 Å². The van der Waals surface area contributed by atoms with E-state index >= 15 is 0 Å². The number of benzene rings is 1. The quantitative estimate of drug-likeness (QED) is 0.590. The van der Waals surface area contributed by atoms with E-state index in [0.717, 1.165) is 49.6 Å². The van der Waals surface area contributed by atoms with Gasteiger partial charge in [-0.15, -0.1) is 0 Å². The summed E-state index contributed by atoms with van der Waals surface area (Å²) in [7, 11) is 0. The molecule has 1 aromatic carbocycles. The molecule has 0 aromatic heterocycles. The lowest BCUT2D eigenvalue weighted by Gasteiger charge is -2.33. The van der Waals surface area contributed by atoms with Crippen molar-refractivity contribution in [3.8, 4) is 5.75 Å². The highest BCUT2D eigenvalue weighted by atomic mass is 16.5. The summed E-state index contributed by atoms with van der Waals surface area (Å²) in [4.78, 5) is 17.1. The number of ether oxygens (including phenoxy) is 1. The van der Waals surface area contributed by atoms with Gasteiger partial charge in [0, 0.05) is 26.2 Å². The Morgan fingerprint density at radius 1 is 1.00 bits per heavy atom. The molecule has 1 aromatic rings. The minimum atomic E-state index is -0.144. The SMILES string of the molecule is CCN1CCN(CC(=O)Oc2c(C(C)C)cccc2C(C)C)CC1. The molecule has 0 saturated carbocycles. The van der Waals surface area contributed by atoms with Crippen molar-refractivity contribution in [1.29, 1.82) is 0 Å². The molecule has 0 atom stereocenters. The molecule has 1 aliphatic rings. The van der Waals surface area contributed by atoms with E-state index in [1.165, 1.54) is 0 Å². The Morgan fingerprint density at radius 3 is 1.96 bits per heavy atom. The summed E-state index contributed by atoms with van der Waals surface area (Å²) < 4.78 is 5.86. The average Bonchev–Trinajstić information content (AvgIpc) is 2.55. The third-order valence-corrected chi connectivity index (χ3v) is 4.80. The van der Waals surface area contributed by atoms with E-state index in [4.69, 9.17) is 4.74 Å².